The van der Waals surface area contributed by atoms with Gasteiger partial charge in [-0.2, -0.15) is 0 Å². The Bertz CT molecular complexity index is 615. The molecule has 0 amide bonds. The summed E-state index contributed by atoms with van der Waals surface area (Å²) in [5.41, 5.74) is 0.783. The SMILES string of the molecule is CCCCCCCC(=O)c1ccc(OC(=O)C2CCCCC2)c(C=O)c1. The first-order valence-electron chi connectivity index (χ1n) is 9.99. The van der Waals surface area contributed by atoms with Crippen LogP contribution in [-0.4, -0.2) is 18.0 Å². The second kappa shape index (κ2) is 10.9. The van der Waals surface area contributed by atoms with Crippen LogP contribution in [0.1, 0.15) is 98.3 Å². The summed E-state index contributed by atoms with van der Waals surface area (Å²) in [5, 5.41) is 0. The minimum atomic E-state index is -0.261. The Labute approximate surface area is 156 Å². The van der Waals surface area contributed by atoms with E-state index in [2.05, 4.69) is 6.92 Å². The molecule has 4 nitrogen and oxygen atoms in total. The van der Waals surface area contributed by atoms with Crippen molar-refractivity contribution in [1.82, 2.24) is 0 Å². The highest BCUT2D eigenvalue weighted by Gasteiger charge is 2.24. The zero-order chi connectivity index (χ0) is 18.8. The number of unbranched alkanes of at least 4 members (excludes halogenated alkanes) is 4. The molecule has 1 aromatic rings. The number of ether oxygens (including phenoxy) is 1. The number of benzene rings is 1. The average molecular weight is 358 g/mol. The first-order valence-corrected chi connectivity index (χ1v) is 9.99. The normalized spacial score (nSPS) is 14.8. The van der Waals surface area contributed by atoms with E-state index in [0.717, 1.165) is 44.9 Å². The van der Waals surface area contributed by atoms with Crippen LogP contribution >= 0.6 is 0 Å². The van der Waals surface area contributed by atoms with Gasteiger partial charge in [-0.1, -0.05) is 51.9 Å². The minimum absolute atomic E-state index is 0.0368. The van der Waals surface area contributed by atoms with Crippen molar-refractivity contribution in [1.29, 1.82) is 0 Å². The molecule has 1 aromatic carbocycles. The van der Waals surface area contributed by atoms with Crippen LogP contribution in [0.4, 0.5) is 0 Å². The van der Waals surface area contributed by atoms with E-state index in [1.807, 2.05) is 0 Å². The molecule has 1 fully saturated rings. The average Bonchev–Trinajstić information content (AvgIpc) is 2.68. The van der Waals surface area contributed by atoms with E-state index >= 15 is 0 Å². The highest BCUT2D eigenvalue weighted by molar-refractivity contribution is 5.98. The van der Waals surface area contributed by atoms with Crippen LogP contribution in [0.2, 0.25) is 0 Å². The Kier molecular flexibility index (Phi) is 8.52. The smallest absolute Gasteiger partial charge is 0.314 e. The van der Waals surface area contributed by atoms with Crippen molar-refractivity contribution in [3.63, 3.8) is 0 Å². The van der Waals surface area contributed by atoms with Crippen LogP contribution in [0.15, 0.2) is 18.2 Å². The van der Waals surface area contributed by atoms with Gasteiger partial charge >= 0.3 is 5.97 Å². The number of esters is 1. The number of aldehydes is 1. The Morgan fingerprint density at radius 1 is 1.08 bits per heavy atom. The predicted octanol–water partition coefficient (Wildman–Crippen LogP) is 5.53. The highest BCUT2D eigenvalue weighted by Crippen LogP contribution is 2.27. The van der Waals surface area contributed by atoms with Gasteiger partial charge in [-0.25, -0.2) is 0 Å². The van der Waals surface area contributed by atoms with Gasteiger partial charge in [0.05, 0.1) is 11.5 Å². The summed E-state index contributed by atoms with van der Waals surface area (Å²) in [4.78, 5) is 36.0. The largest absolute Gasteiger partial charge is 0.426 e. The number of carbonyl (C=O) groups is 3. The van der Waals surface area contributed by atoms with E-state index in [-0.39, 0.29) is 29.0 Å². The van der Waals surface area contributed by atoms with Gasteiger partial charge in [0, 0.05) is 12.0 Å². The summed E-state index contributed by atoms with van der Waals surface area (Å²) in [5.74, 6) is -0.0414. The Hall–Kier alpha value is -1.97. The summed E-state index contributed by atoms with van der Waals surface area (Å²) in [6.07, 6.45) is 11.6. The third-order valence-corrected chi connectivity index (χ3v) is 5.12. The lowest BCUT2D eigenvalue weighted by Gasteiger charge is -2.20. The molecule has 0 atom stereocenters. The molecule has 0 spiro atoms. The molecule has 0 saturated heterocycles. The molecular weight excluding hydrogens is 328 g/mol. The van der Waals surface area contributed by atoms with Crippen molar-refractivity contribution in [2.45, 2.75) is 77.6 Å². The van der Waals surface area contributed by atoms with Gasteiger partial charge in [-0.15, -0.1) is 0 Å². The number of Topliss-reactive ketones (excluding diaryl/α,β-unsaturated/α-hetero) is 1. The Balaban J connectivity index is 1.94. The lowest BCUT2D eigenvalue weighted by Crippen LogP contribution is -2.23. The van der Waals surface area contributed by atoms with Gasteiger partial charge < -0.3 is 4.74 Å². The Morgan fingerprint density at radius 2 is 1.81 bits per heavy atom. The third-order valence-electron chi connectivity index (χ3n) is 5.12. The van der Waals surface area contributed by atoms with Crippen LogP contribution in [0.5, 0.6) is 5.75 Å². The summed E-state index contributed by atoms with van der Waals surface area (Å²) in [6.45, 7) is 2.16. The molecule has 0 heterocycles. The molecule has 1 aliphatic rings. The fourth-order valence-electron chi connectivity index (χ4n) is 3.47. The van der Waals surface area contributed by atoms with Gasteiger partial charge in [0.2, 0.25) is 0 Å². The lowest BCUT2D eigenvalue weighted by molar-refractivity contribution is -0.140. The topological polar surface area (TPSA) is 60.4 Å². The molecule has 2 rings (SSSR count). The van der Waals surface area contributed by atoms with Gasteiger partial charge in [0.25, 0.3) is 0 Å². The number of hydrogen-bond donors (Lipinski definition) is 0. The van der Waals surface area contributed by atoms with Gasteiger partial charge in [0.15, 0.2) is 12.1 Å². The van der Waals surface area contributed by atoms with Crippen molar-refractivity contribution in [2.75, 3.05) is 0 Å². The quantitative estimate of drug-likeness (QED) is 0.181. The first-order chi connectivity index (χ1) is 12.7. The summed E-state index contributed by atoms with van der Waals surface area (Å²) in [7, 11) is 0. The van der Waals surface area contributed by atoms with Crippen molar-refractivity contribution >= 4 is 18.0 Å². The molecular formula is C22H30O4. The molecule has 0 unspecified atom stereocenters. The van der Waals surface area contributed by atoms with Gasteiger partial charge in [-0.3, -0.25) is 14.4 Å². The van der Waals surface area contributed by atoms with Crippen LogP contribution in [0.3, 0.4) is 0 Å². The fraction of sp³-hybridized carbons (Fsp3) is 0.591. The van der Waals surface area contributed by atoms with Crippen LogP contribution < -0.4 is 4.74 Å². The molecule has 0 N–H and O–H groups in total. The lowest BCUT2D eigenvalue weighted by atomic mass is 9.89. The van der Waals surface area contributed by atoms with Crippen molar-refractivity contribution < 1.29 is 19.1 Å². The monoisotopic (exact) mass is 358 g/mol. The van der Waals surface area contributed by atoms with Crippen molar-refractivity contribution in [2.24, 2.45) is 5.92 Å². The molecule has 1 aliphatic carbocycles. The standard InChI is InChI=1S/C22H30O4/c1-2-3-4-5-9-12-20(24)18-13-14-21(19(15-18)16-23)26-22(25)17-10-7-6-8-11-17/h13-17H,2-12H2,1H3. The maximum atomic E-state index is 12.3. The number of hydrogen-bond acceptors (Lipinski definition) is 4. The van der Waals surface area contributed by atoms with Crippen molar-refractivity contribution in [3.8, 4) is 5.75 Å². The molecule has 0 aliphatic heterocycles. The first kappa shape index (κ1) is 20.3. The third kappa shape index (κ3) is 6.08. The molecule has 1 saturated carbocycles. The van der Waals surface area contributed by atoms with E-state index in [1.54, 1.807) is 18.2 Å². The summed E-state index contributed by atoms with van der Waals surface area (Å²) >= 11 is 0. The van der Waals surface area contributed by atoms with Crippen molar-refractivity contribution in [3.05, 3.63) is 29.3 Å². The fourth-order valence-corrected chi connectivity index (χ4v) is 3.47. The van der Waals surface area contributed by atoms with Gasteiger partial charge in [0.1, 0.15) is 5.75 Å². The molecule has 4 heteroatoms. The Morgan fingerprint density at radius 3 is 2.50 bits per heavy atom. The van der Waals surface area contributed by atoms with Crippen LogP contribution in [0, 0.1) is 5.92 Å². The van der Waals surface area contributed by atoms with E-state index in [9.17, 15) is 14.4 Å². The second-order valence-electron chi connectivity index (χ2n) is 7.21. The number of carbonyl (C=O) groups excluding carboxylic acids is 3. The zero-order valence-electron chi connectivity index (χ0n) is 15.8. The minimum Gasteiger partial charge on any atom is -0.426 e. The molecule has 26 heavy (non-hydrogen) atoms. The molecule has 0 bridgehead atoms. The van der Waals surface area contributed by atoms with Crippen LogP contribution in [-0.2, 0) is 4.79 Å². The summed E-state index contributed by atoms with van der Waals surface area (Å²) < 4.78 is 5.45. The summed E-state index contributed by atoms with van der Waals surface area (Å²) in [6, 6.07) is 4.78. The highest BCUT2D eigenvalue weighted by atomic mass is 16.5. The molecule has 0 radical (unpaired) electrons. The number of rotatable bonds is 10. The van der Waals surface area contributed by atoms with E-state index < -0.39 is 0 Å². The van der Waals surface area contributed by atoms with Gasteiger partial charge in [-0.05, 0) is 37.5 Å². The molecule has 0 aromatic heterocycles. The van der Waals surface area contributed by atoms with E-state index in [1.165, 1.54) is 19.3 Å². The van der Waals surface area contributed by atoms with E-state index in [4.69, 9.17) is 4.74 Å². The maximum absolute atomic E-state index is 12.3. The predicted molar refractivity (Wildman–Crippen MR) is 102 cm³/mol. The maximum Gasteiger partial charge on any atom is 0.314 e. The molecule has 142 valence electrons. The zero-order valence-corrected chi connectivity index (χ0v) is 15.8. The van der Waals surface area contributed by atoms with Crippen LogP contribution in [0.25, 0.3) is 0 Å². The van der Waals surface area contributed by atoms with E-state index in [0.29, 0.717) is 18.3 Å². The second-order valence-corrected chi connectivity index (χ2v) is 7.21. The number of ketones is 1.